The summed E-state index contributed by atoms with van der Waals surface area (Å²) in [6.45, 7) is -2.10. The van der Waals surface area contributed by atoms with Crippen LogP contribution < -0.4 is 20.0 Å². The van der Waals surface area contributed by atoms with E-state index in [1.807, 2.05) is 0 Å². The van der Waals surface area contributed by atoms with E-state index >= 15 is 0 Å². The highest BCUT2D eigenvalue weighted by Crippen LogP contribution is 2.25. The van der Waals surface area contributed by atoms with Crippen molar-refractivity contribution in [1.82, 2.24) is 0 Å². The lowest BCUT2D eigenvalue weighted by molar-refractivity contribution is -0.133. The summed E-state index contributed by atoms with van der Waals surface area (Å²) in [5.41, 5.74) is -0.257. The number of rotatable bonds is 6. The first-order valence-corrected chi connectivity index (χ1v) is 8.43. The maximum Gasteiger partial charge on any atom is 0.406 e. The molecule has 0 atom stereocenters. The molecule has 0 aliphatic carbocycles. The van der Waals surface area contributed by atoms with Gasteiger partial charge in [0, 0.05) is 23.2 Å². The summed E-state index contributed by atoms with van der Waals surface area (Å²) in [5.74, 6) is -0.258. The van der Waals surface area contributed by atoms with Gasteiger partial charge in [0.15, 0.2) is 6.61 Å². The van der Waals surface area contributed by atoms with Gasteiger partial charge in [0.1, 0.15) is 23.6 Å². The van der Waals surface area contributed by atoms with Crippen molar-refractivity contribution in [3.05, 3.63) is 65.0 Å². The standard InChI is InChI=1S/C20H16F3NO5/c1-27-15-7-4-14(5-8-15)24(12-20(21,22)23)18(25)11-28-16-6-2-13-3-9-19(26)29-17(13)10-16/h2-10H,11-12H2,1H3. The summed E-state index contributed by atoms with van der Waals surface area (Å²) in [6.07, 6.45) is -4.60. The molecule has 1 aromatic heterocycles. The number of nitrogens with zero attached hydrogens (tertiary/aromatic N) is 1. The van der Waals surface area contributed by atoms with E-state index < -0.39 is 30.9 Å². The smallest absolute Gasteiger partial charge is 0.406 e. The lowest BCUT2D eigenvalue weighted by Gasteiger charge is -2.24. The number of amides is 1. The molecule has 0 N–H and O–H groups in total. The SMILES string of the molecule is COc1ccc(N(CC(F)(F)F)C(=O)COc2ccc3ccc(=O)oc3c2)cc1. The van der Waals surface area contributed by atoms with Crippen molar-refractivity contribution >= 4 is 22.6 Å². The van der Waals surface area contributed by atoms with Crippen LogP contribution in [0.5, 0.6) is 11.5 Å². The van der Waals surface area contributed by atoms with Gasteiger partial charge in [-0.25, -0.2) is 4.79 Å². The maximum atomic E-state index is 13.0. The molecule has 1 amide bonds. The zero-order valence-corrected chi connectivity index (χ0v) is 15.2. The Morgan fingerprint density at radius 2 is 1.69 bits per heavy atom. The number of fused-ring (bicyclic) bond motifs is 1. The Balaban J connectivity index is 1.77. The molecule has 0 saturated carbocycles. The van der Waals surface area contributed by atoms with Crippen LogP contribution in [0.3, 0.4) is 0 Å². The first-order chi connectivity index (χ1) is 13.7. The average Bonchev–Trinajstić information content (AvgIpc) is 2.69. The van der Waals surface area contributed by atoms with E-state index in [-0.39, 0.29) is 17.0 Å². The monoisotopic (exact) mass is 407 g/mol. The molecule has 6 nitrogen and oxygen atoms in total. The Morgan fingerprint density at radius 3 is 2.34 bits per heavy atom. The number of carbonyl (C=O) groups is 1. The second kappa shape index (κ2) is 8.26. The molecular weight excluding hydrogens is 391 g/mol. The highest BCUT2D eigenvalue weighted by molar-refractivity contribution is 5.94. The Kier molecular flexibility index (Phi) is 5.76. The minimum atomic E-state index is -4.60. The summed E-state index contributed by atoms with van der Waals surface area (Å²) >= 11 is 0. The average molecular weight is 407 g/mol. The highest BCUT2D eigenvalue weighted by atomic mass is 19.4. The summed E-state index contributed by atoms with van der Waals surface area (Å²) in [5, 5.41) is 0.639. The number of anilines is 1. The minimum absolute atomic E-state index is 0.0567. The molecule has 3 rings (SSSR count). The number of alkyl halides is 3. The number of hydrogen-bond donors (Lipinski definition) is 0. The number of hydrogen-bond acceptors (Lipinski definition) is 5. The van der Waals surface area contributed by atoms with Crippen LogP contribution in [-0.2, 0) is 4.79 Å². The zero-order valence-electron chi connectivity index (χ0n) is 15.2. The summed E-state index contributed by atoms with van der Waals surface area (Å²) < 4.78 is 54.2. The van der Waals surface area contributed by atoms with E-state index in [1.165, 1.54) is 49.6 Å². The molecule has 3 aromatic rings. The van der Waals surface area contributed by atoms with Gasteiger partial charge < -0.3 is 18.8 Å². The molecule has 0 bridgehead atoms. The quantitative estimate of drug-likeness (QED) is 0.582. The van der Waals surface area contributed by atoms with E-state index in [0.29, 0.717) is 16.0 Å². The van der Waals surface area contributed by atoms with E-state index in [1.54, 1.807) is 12.1 Å². The Bertz CT molecular complexity index is 1060. The van der Waals surface area contributed by atoms with Crippen molar-refractivity contribution in [2.24, 2.45) is 0 Å². The largest absolute Gasteiger partial charge is 0.497 e. The molecule has 0 spiro atoms. The minimum Gasteiger partial charge on any atom is -0.497 e. The van der Waals surface area contributed by atoms with Crippen molar-refractivity contribution < 1.29 is 31.9 Å². The van der Waals surface area contributed by atoms with Crippen LogP contribution in [-0.4, -0.2) is 32.3 Å². The van der Waals surface area contributed by atoms with Gasteiger partial charge >= 0.3 is 11.8 Å². The summed E-state index contributed by atoms with van der Waals surface area (Å²) in [6, 6.07) is 13.0. The van der Waals surface area contributed by atoms with Crippen LogP contribution in [0.2, 0.25) is 0 Å². The third-order valence-corrected chi connectivity index (χ3v) is 3.98. The van der Waals surface area contributed by atoms with Gasteiger partial charge in [0.05, 0.1) is 7.11 Å². The number of carbonyl (C=O) groups excluding carboxylic acids is 1. The molecule has 0 radical (unpaired) electrons. The fraction of sp³-hybridized carbons (Fsp3) is 0.200. The molecule has 1 heterocycles. The first-order valence-electron chi connectivity index (χ1n) is 8.43. The molecule has 0 saturated heterocycles. The van der Waals surface area contributed by atoms with Crippen LogP contribution in [0.15, 0.2) is 63.8 Å². The topological polar surface area (TPSA) is 69.0 Å². The number of methoxy groups -OCH3 is 1. The van der Waals surface area contributed by atoms with Crippen LogP contribution >= 0.6 is 0 Å². The lowest BCUT2D eigenvalue weighted by Crippen LogP contribution is -2.41. The van der Waals surface area contributed by atoms with Gasteiger partial charge in [-0.2, -0.15) is 13.2 Å². The van der Waals surface area contributed by atoms with Gasteiger partial charge in [-0.3, -0.25) is 4.79 Å². The van der Waals surface area contributed by atoms with Crippen LogP contribution in [0.4, 0.5) is 18.9 Å². The van der Waals surface area contributed by atoms with E-state index in [4.69, 9.17) is 13.9 Å². The van der Waals surface area contributed by atoms with Crippen molar-refractivity contribution in [3.63, 3.8) is 0 Å². The molecule has 0 aliphatic rings. The fourth-order valence-corrected chi connectivity index (χ4v) is 2.62. The third kappa shape index (κ3) is 5.28. The first kappa shape index (κ1) is 20.2. The summed E-state index contributed by atoms with van der Waals surface area (Å²) in [7, 11) is 1.42. The second-order valence-electron chi connectivity index (χ2n) is 6.04. The second-order valence-corrected chi connectivity index (χ2v) is 6.04. The lowest BCUT2D eigenvalue weighted by atomic mass is 10.2. The van der Waals surface area contributed by atoms with E-state index in [2.05, 4.69) is 0 Å². The number of ether oxygens (including phenoxy) is 2. The maximum absolute atomic E-state index is 13.0. The third-order valence-electron chi connectivity index (χ3n) is 3.98. The zero-order chi connectivity index (χ0) is 21.0. The molecular formula is C20H16F3NO5. The molecule has 2 aromatic carbocycles. The van der Waals surface area contributed by atoms with Crippen molar-refractivity contribution in [2.45, 2.75) is 6.18 Å². The normalized spacial score (nSPS) is 11.3. The molecule has 29 heavy (non-hydrogen) atoms. The fourth-order valence-electron chi connectivity index (χ4n) is 2.62. The molecule has 9 heteroatoms. The highest BCUT2D eigenvalue weighted by Gasteiger charge is 2.34. The van der Waals surface area contributed by atoms with Crippen molar-refractivity contribution in [3.8, 4) is 11.5 Å². The van der Waals surface area contributed by atoms with Gasteiger partial charge in [-0.15, -0.1) is 0 Å². The Labute approximate surface area is 163 Å². The van der Waals surface area contributed by atoms with E-state index in [0.717, 1.165) is 0 Å². The van der Waals surface area contributed by atoms with Gasteiger partial charge in [0.25, 0.3) is 5.91 Å². The van der Waals surface area contributed by atoms with E-state index in [9.17, 15) is 22.8 Å². The van der Waals surface area contributed by atoms with Gasteiger partial charge in [-0.05, 0) is 42.5 Å². The molecule has 0 aliphatic heterocycles. The Hall–Kier alpha value is -3.49. The summed E-state index contributed by atoms with van der Waals surface area (Å²) in [4.78, 5) is 24.3. The number of benzene rings is 2. The molecule has 0 unspecified atom stereocenters. The van der Waals surface area contributed by atoms with Crippen LogP contribution in [0.25, 0.3) is 11.0 Å². The van der Waals surface area contributed by atoms with Gasteiger partial charge in [-0.1, -0.05) is 0 Å². The Morgan fingerprint density at radius 1 is 1.03 bits per heavy atom. The van der Waals surface area contributed by atoms with Crippen molar-refractivity contribution in [1.29, 1.82) is 0 Å². The van der Waals surface area contributed by atoms with Gasteiger partial charge in [0.2, 0.25) is 0 Å². The predicted molar refractivity (Wildman–Crippen MR) is 99.4 cm³/mol. The predicted octanol–water partition coefficient (Wildman–Crippen LogP) is 3.78. The number of halogens is 3. The molecule has 0 fully saturated rings. The van der Waals surface area contributed by atoms with Crippen LogP contribution in [0.1, 0.15) is 0 Å². The van der Waals surface area contributed by atoms with Crippen molar-refractivity contribution in [2.75, 3.05) is 25.2 Å². The van der Waals surface area contributed by atoms with Crippen LogP contribution in [0, 0.1) is 0 Å². The molecule has 152 valence electrons.